The number of carbonyl (C=O) groups excluding carboxylic acids is 3. The van der Waals surface area contributed by atoms with Crippen molar-refractivity contribution in [3.05, 3.63) is 53.6 Å². The molecule has 0 radical (unpaired) electrons. The number of nitrogens with zero attached hydrogens (tertiary/aromatic N) is 2. The summed E-state index contributed by atoms with van der Waals surface area (Å²) in [6.07, 6.45) is 7.80. The van der Waals surface area contributed by atoms with Crippen molar-refractivity contribution >= 4 is 35.1 Å². The molecule has 1 N–H and O–H groups in total. The van der Waals surface area contributed by atoms with Crippen LogP contribution >= 0.6 is 11.6 Å². The molecule has 0 bridgehead atoms. The highest BCUT2D eigenvalue weighted by Gasteiger charge is 2.72. The lowest BCUT2D eigenvalue weighted by Crippen LogP contribution is -2.59. The third-order valence-corrected chi connectivity index (χ3v) is 8.37. The summed E-state index contributed by atoms with van der Waals surface area (Å²) in [4.78, 5) is 44.7. The first kappa shape index (κ1) is 25.0. The van der Waals surface area contributed by atoms with Crippen molar-refractivity contribution in [3.63, 3.8) is 0 Å². The molecule has 192 valence electrons. The Bertz CT molecular complexity index is 1120. The maximum atomic E-state index is 14.4. The summed E-state index contributed by atoms with van der Waals surface area (Å²) in [6, 6.07) is 5.34. The average molecular weight is 515 g/mol. The average Bonchev–Trinajstić information content (AvgIpc) is 3.24. The smallest absolute Gasteiger partial charge is 0.312 e. The molecule has 1 unspecified atom stereocenters. The van der Waals surface area contributed by atoms with Gasteiger partial charge in [0, 0.05) is 6.54 Å². The zero-order valence-corrected chi connectivity index (χ0v) is 21.1. The summed E-state index contributed by atoms with van der Waals surface area (Å²) in [5.41, 5.74) is -0.859. The molecule has 9 heteroatoms. The number of esters is 1. The van der Waals surface area contributed by atoms with Gasteiger partial charge in [-0.3, -0.25) is 14.4 Å². The Morgan fingerprint density at radius 1 is 1.19 bits per heavy atom. The molecule has 1 aromatic carbocycles. The monoisotopic (exact) mass is 514 g/mol. The molecule has 2 amide bonds. The number of ether oxygens (including phenoxy) is 2. The Morgan fingerprint density at radius 3 is 2.69 bits per heavy atom. The second-order valence-electron chi connectivity index (χ2n) is 9.91. The zero-order valence-electron chi connectivity index (χ0n) is 20.4. The number of para-hydroxylation sites is 1. The van der Waals surface area contributed by atoms with Gasteiger partial charge in [-0.25, -0.2) is 0 Å². The maximum Gasteiger partial charge on any atom is 0.312 e. The fourth-order valence-electron chi connectivity index (χ4n) is 6.11. The summed E-state index contributed by atoms with van der Waals surface area (Å²) in [7, 11) is 0. The van der Waals surface area contributed by atoms with Crippen LogP contribution in [-0.2, 0) is 23.9 Å². The zero-order chi connectivity index (χ0) is 25.6. The molecule has 0 aromatic heterocycles. The predicted molar refractivity (Wildman–Crippen MR) is 133 cm³/mol. The van der Waals surface area contributed by atoms with E-state index in [1.54, 1.807) is 47.4 Å². The molecular formula is C27H31ClN2O6. The fourth-order valence-corrected chi connectivity index (χ4v) is 6.34. The van der Waals surface area contributed by atoms with Crippen LogP contribution in [0.4, 0.5) is 5.69 Å². The first-order chi connectivity index (χ1) is 17.4. The third kappa shape index (κ3) is 3.69. The molecule has 1 aromatic rings. The fraction of sp³-hybridized carbons (Fsp3) is 0.519. The van der Waals surface area contributed by atoms with E-state index in [1.807, 2.05) is 19.9 Å². The molecule has 36 heavy (non-hydrogen) atoms. The normalized spacial score (nSPS) is 33.3. The molecule has 0 aliphatic carbocycles. The van der Waals surface area contributed by atoms with E-state index in [1.165, 1.54) is 4.90 Å². The summed E-state index contributed by atoms with van der Waals surface area (Å²) in [6.45, 7) is 4.04. The minimum atomic E-state index is -1.38. The number of aliphatic hydroxyl groups is 1. The van der Waals surface area contributed by atoms with Crippen LogP contribution in [0.3, 0.4) is 0 Å². The number of aliphatic hydroxyl groups excluding tert-OH is 1. The largest absolute Gasteiger partial charge is 0.465 e. The molecule has 0 saturated carbocycles. The van der Waals surface area contributed by atoms with Crippen molar-refractivity contribution < 1.29 is 29.0 Å². The van der Waals surface area contributed by atoms with Crippen LogP contribution in [-0.4, -0.2) is 71.3 Å². The van der Waals surface area contributed by atoms with Gasteiger partial charge in [0.25, 0.3) is 5.91 Å². The van der Waals surface area contributed by atoms with E-state index in [4.69, 9.17) is 21.1 Å². The molecule has 7 atom stereocenters. The van der Waals surface area contributed by atoms with Crippen LogP contribution in [0.2, 0.25) is 5.02 Å². The highest BCUT2D eigenvalue weighted by molar-refractivity contribution is 6.34. The van der Waals surface area contributed by atoms with Crippen molar-refractivity contribution in [3.8, 4) is 0 Å². The van der Waals surface area contributed by atoms with Crippen LogP contribution in [0.5, 0.6) is 0 Å². The quantitative estimate of drug-likeness (QED) is 0.479. The van der Waals surface area contributed by atoms with Crippen molar-refractivity contribution in [2.24, 2.45) is 17.8 Å². The molecule has 4 heterocycles. The number of carbonyl (C=O) groups is 3. The van der Waals surface area contributed by atoms with Gasteiger partial charge in [0.2, 0.25) is 5.91 Å². The summed E-state index contributed by atoms with van der Waals surface area (Å²) in [5, 5.41) is 10.8. The number of cyclic esters (lactones) is 1. The first-order valence-corrected chi connectivity index (χ1v) is 12.9. The molecule has 4 aliphatic rings. The molecule has 4 aliphatic heterocycles. The van der Waals surface area contributed by atoms with E-state index in [-0.39, 0.29) is 37.5 Å². The molecule has 5 rings (SSSR count). The summed E-state index contributed by atoms with van der Waals surface area (Å²) < 4.78 is 12.0. The Kier molecular flexibility index (Phi) is 6.70. The van der Waals surface area contributed by atoms with E-state index in [2.05, 4.69) is 0 Å². The van der Waals surface area contributed by atoms with Gasteiger partial charge in [0.05, 0.1) is 42.0 Å². The lowest BCUT2D eigenvalue weighted by molar-refractivity contribution is -0.155. The minimum absolute atomic E-state index is 0.0939. The second-order valence-corrected chi connectivity index (χ2v) is 10.3. The number of amides is 2. The third-order valence-electron chi connectivity index (χ3n) is 8.05. The first-order valence-electron chi connectivity index (χ1n) is 12.5. The topological polar surface area (TPSA) is 96.4 Å². The molecular weight excluding hydrogens is 484 g/mol. The van der Waals surface area contributed by atoms with Gasteiger partial charge >= 0.3 is 5.97 Å². The van der Waals surface area contributed by atoms with Gasteiger partial charge in [-0.15, -0.1) is 0 Å². The number of fused-ring (bicyclic) bond motifs is 2. The molecule has 2 saturated heterocycles. The van der Waals surface area contributed by atoms with Crippen molar-refractivity contribution in [2.45, 2.75) is 50.5 Å². The van der Waals surface area contributed by atoms with Crippen LogP contribution in [0.25, 0.3) is 0 Å². The van der Waals surface area contributed by atoms with E-state index in [0.717, 1.165) is 0 Å². The highest BCUT2D eigenvalue weighted by atomic mass is 35.5. The van der Waals surface area contributed by atoms with Crippen LogP contribution in [0.15, 0.2) is 48.6 Å². The van der Waals surface area contributed by atoms with E-state index >= 15 is 0 Å². The summed E-state index contributed by atoms with van der Waals surface area (Å²) >= 11 is 6.47. The van der Waals surface area contributed by atoms with Crippen LogP contribution < -0.4 is 4.90 Å². The predicted octanol–water partition coefficient (Wildman–Crippen LogP) is 2.73. The lowest BCUT2D eigenvalue weighted by Gasteiger charge is -2.40. The lowest BCUT2D eigenvalue weighted by atomic mass is 9.77. The van der Waals surface area contributed by atoms with E-state index in [0.29, 0.717) is 23.6 Å². The maximum absolute atomic E-state index is 14.4. The number of anilines is 1. The number of rotatable bonds is 5. The highest BCUT2D eigenvalue weighted by Crippen LogP contribution is 2.54. The molecule has 8 nitrogen and oxygen atoms in total. The van der Waals surface area contributed by atoms with Crippen molar-refractivity contribution in [1.82, 2.24) is 4.90 Å². The number of benzene rings is 1. The number of hydrogen-bond donors (Lipinski definition) is 1. The number of hydrogen-bond acceptors (Lipinski definition) is 6. The minimum Gasteiger partial charge on any atom is -0.465 e. The Balaban J connectivity index is 1.68. The summed E-state index contributed by atoms with van der Waals surface area (Å²) in [5.74, 6) is -3.18. The second kappa shape index (κ2) is 9.65. The van der Waals surface area contributed by atoms with Crippen molar-refractivity contribution in [2.75, 3.05) is 24.7 Å². The van der Waals surface area contributed by atoms with Gasteiger partial charge < -0.3 is 24.4 Å². The Labute approximate surface area is 215 Å². The standard InChI is InChI=1S/C27H31ClN2O6/c1-3-16(2)19(15-31)30-23-25(33)29(18-10-5-4-9-17(18)28)13-8-12-27(23)22(24(30)32)21-20(36-27)11-6-7-14-35-26(21)34/h4-6,8-12,16,19-23,31H,3,7,13-15H2,1-2H3/t16-,19-,20-,21+,22-,23?,27-/m0/s1. The van der Waals surface area contributed by atoms with Crippen LogP contribution in [0, 0.1) is 17.8 Å². The molecule has 2 fully saturated rings. The van der Waals surface area contributed by atoms with Crippen LogP contribution in [0.1, 0.15) is 26.7 Å². The van der Waals surface area contributed by atoms with E-state index in [9.17, 15) is 19.5 Å². The molecule has 1 spiro atoms. The Hall–Kier alpha value is -2.68. The van der Waals surface area contributed by atoms with Gasteiger partial charge in [-0.05, 0) is 24.5 Å². The van der Waals surface area contributed by atoms with Gasteiger partial charge in [-0.2, -0.15) is 0 Å². The number of likely N-dealkylation sites (tertiary alicyclic amines) is 1. The van der Waals surface area contributed by atoms with Gasteiger partial charge in [0.15, 0.2) is 0 Å². The van der Waals surface area contributed by atoms with Crippen molar-refractivity contribution in [1.29, 1.82) is 0 Å². The van der Waals surface area contributed by atoms with Gasteiger partial charge in [-0.1, -0.05) is 68.3 Å². The number of halogens is 1. The van der Waals surface area contributed by atoms with E-state index < -0.39 is 41.6 Å². The Morgan fingerprint density at radius 2 is 1.97 bits per heavy atom. The van der Waals surface area contributed by atoms with Gasteiger partial charge in [0.1, 0.15) is 17.6 Å². The SMILES string of the molecule is CC[C@H](C)[C@H](CO)N1C(=O)[C@@H]2[C@@H]3C(=O)OCCC=C[C@@H]3O[C@@]23C=CCN(c2ccccc2Cl)C(=O)C13.